The molecule has 0 unspecified atom stereocenters. The van der Waals surface area contributed by atoms with Gasteiger partial charge in [0.25, 0.3) is 0 Å². The lowest BCUT2D eigenvalue weighted by Crippen LogP contribution is -2.00. The monoisotopic (exact) mass is 211 g/mol. The first-order valence-electron chi connectivity index (χ1n) is 5.41. The molecule has 0 aromatic carbocycles. The average Bonchev–Trinajstić information content (AvgIpc) is 2.23. The van der Waals surface area contributed by atoms with Crippen molar-refractivity contribution in [1.82, 2.24) is 4.98 Å². The van der Waals surface area contributed by atoms with E-state index in [0.29, 0.717) is 5.41 Å². The van der Waals surface area contributed by atoms with Crippen LogP contribution < -0.4 is 0 Å². The van der Waals surface area contributed by atoms with E-state index < -0.39 is 0 Å². The molecule has 0 fully saturated rings. The number of rotatable bonds is 0. The summed E-state index contributed by atoms with van der Waals surface area (Å²) in [6, 6.07) is 5.72. The maximum absolute atomic E-state index is 3.78. The van der Waals surface area contributed by atoms with Crippen LogP contribution in [-0.4, -0.2) is 4.98 Å². The maximum atomic E-state index is 3.78. The van der Waals surface area contributed by atoms with E-state index >= 15 is 0 Å². The molecule has 0 atom stereocenters. The van der Waals surface area contributed by atoms with E-state index in [-0.39, 0.29) is 7.43 Å². The van der Waals surface area contributed by atoms with E-state index in [0.717, 1.165) is 0 Å². The molecule has 90 valence electrons. The molecule has 0 aliphatic rings. The first kappa shape index (κ1) is 19.7. The Labute approximate surface area is 97.0 Å². The second-order valence-corrected chi connectivity index (χ2v) is 3.94. The van der Waals surface area contributed by atoms with Gasteiger partial charge in [0, 0.05) is 12.4 Å². The third-order valence-electron chi connectivity index (χ3n) is 1.63. The molecule has 0 bridgehead atoms. The summed E-state index contributed by atoms with van der Waals surface area (Å²) in [4.78, 5) is 3.78. The van der Waals surface area contributed by atoms with Gasteiger partial charge in [-0.3, -0.25) is 4.98 Å². The zero-order valence-electron chi connectivity index (χ0n) is 10.5. The van der Waals surface area contributed by atoms with Crippen LogP contribution in [0.15, 0.2) is 30.6 Å². The van der Waals surface area contributed by atoms with Gasteiger partial charge in [0.2, 0.25) is 0 Å². The number of hydrogen-bond acceptors (Lipinski definition) is 1. The van der Waals surface area contributed by atoms with Gasteiger partial charge in [-0.25, -0.2) is 0 Å². The molecule has 0 saturated carbocycles. The molecule has 1 aromatic rings. The summed E-state index contributed by atoms with van der Waals surface area (Å²) in [5.41, 5.74) is 0.542. The van der Waals surface area contributed by atoms with Gasteiger partial charge in [0.05, 0.1) is 0 Å². The largest absolute Gasteiger partial charge is 0.265 e. The minimum absolute atomic E-state index is 0. The Morgan fingerprint density at radius 3 is 1.33 bits per heavy atom. The van der Waals surface area contributed by atoms with Gasteiger partial charge in [-0.1, -0.05) is 61.5 Å². The highest BCUT2D eigenvalue weighted by Gasteiger charge is 2.03. The third-order valence-corrected chi connectivity index (χ3v) is 1.63. The molecule has 1 rings (SSSR count). The Balaban J connectivity index is -0.000000156. The first-order valence-corrected chi connectivity index (χ1v) is 5.41. The fourth-order valence-corrected chi connectivity index (χ4v) is 0.313. The van der Waals surface area contributed by atoms with Crippen LogP contribution in [0.4, 0.5) is 0 Å². The highest BCUT2D eigenvalue weighted by molar-refractivity contribution is 4.88. The molecule has 15 heavy (non-hydrogen) atoms. The Bertz CT molecular complexity index is 148. The minimum Gasteiger partial charge on any atom is -0.265 e. The molecule has 0 amide bonds. The molecular weight excluding hydrogens is 182 g/mol. The zero-order chi connectivity index (χ0) is 11.4. The molecule has 1 heteroatoms. The van der Waals surface area contributed by atoms with Gasteiger partial charge in [-0.15, -0.1) is 0 Å². The lowest BCUT2D eigenvalue weighted by molar-refractivity contribution is 0.398. The second kappa shape index (κ2) is 13.2. The molecule has 0 radical (unpaired) electrons. The normalized spacial score (nSPS) is 8.40. The summed E-state index contributed by atoms with van der Waals surface area (Å²) in [6.45, 7) is 12.9. The summed E-state index contributed by atoms with van der Waals surface area (Å²) < 4.78 is 0. The summed E-state index contributed by atoms with van der Waals surface area (Å²) in [6.07, 6.45) is 4.77. The van der Waals surface area contributed by atoms with Crippen molar-refractivity contribution in [2.75, 3.05) is 0 Å². The number of aromatic nitrogens is 1. The molecule has 0 spiro atoms. The van der Waals surface area contributed by atoms with E-state index in [2.05, 4.69) is 32.7 Å². The highest BCUT2D eigenvalue weighted by Crippen LogP contribution is 2.16. The van der Waals surface area contributed by atoms with Crippen LogP contribution in [0, 0.1) is 5.41 Å². The summed E-state index contributed by atoms with van der Waals surface area (Å²) in [5.74, 6) is 0. The van der Waals surface area contributed by atoms with Gasteiger partial charge in [0.15, 0.2) is 0 Å². The van der Waals surface area contributed by atoms with E-state index in [4.69, 9.17) is 0 Å². The van der Waals surface area contributed by atoms with Crippen LogP contribution in [0.1, 0.15) is 55.4 Å². The van der Waals surface area contributed by atoms with Gasteiger partial charge in [-0.2, -0.15) is 0 Å². The Hall–Kier alpha value is -0.850. The molecule has 0 N–H and O–H groups in total. The second-order valence-electron chi connectivity index (χ2n) is 3.94. The van der Waals surface area contributed by atoms with E-state index in [1.54, 1.807) is 12.4 Å². The van der Waals surface area contributed by atoms with Crippen molar-refractivity contribution < 1.29 is 0 Å². The summed E-state index contributed by atoms with van der Waals surface area (Å²) in [7, 11) is 0. The third kappa shape index (κ3) is 24.6. The quantitative estimate of drug-likeness (QED) is 0.575. The van der Waals surface area contributed by atoms with Crippen molar-refractivity contribution in [2.24, 2.45) is 5.41 Å². The van der Waals surface area contributed by atoms with Crippen molar-refractivity contribution in [1.29, 1.82) is 0 Å². The number of pyridine rings is 1. The van der Waals surface area contributed by atoms with E-state index in [1.807, 2.05) is 32.0 Å². The van der Waals surface area contributed by atoms with Crippen molar-refractivity contribution in [3.63, 3.8) is 0 Å². The first-order chi connectivity index (χ1) is 6.56. The van der Waals surface area contributed by atoms with Crippen molar-refractivity contribution >= 4 is 0 Å². The molecule has 1 nitrogen and oxygen atoms in total. The van der Waals surface area contributed by atoms with Gasteiger partial charge >= 0.3 is 0 Å². The molecule has 0 saturated heterocycles. The lowest BCUT2D eigenvalue weighted by Gasteiger charge is -2.12. The zero-order valence-corrected chi connectivity index (χ0v) is 10.5. The number of hydrogen-bond donors (Lipinski definition) is 0. The predicted molar refractivity (Wildman–Crippen MR) is 72.1 cm³/mol. The lowest BCUT2D eigenvalue weighted by atomic mass is 9.94. The van der Waals surface area contributed by atoms with Crippen LogP contribution in [0.25, 0.3) is 0 Å². The fraction of sp³-hybridized carbons (Fsp3) is 0.643. The molecule has 1 aromatic heterocycles. The Morgan fingerprint density at radius 1 is 0.933 bits per heavy atom. The predicted octanol–water partition coefficient (Wildman–Crippen LogP) is 5.19. The van der Waals surface area contributed by atoms with E-state index in [9.17, 15) is 0 Å². The van der Waals surface area contributed by atoms with Gasteiger partial charge < -0.3 is 0 Å². The van der Waals surface area contributed by atoms with Crippen molar-refractivity contribution in [3.05, 3.63) is 30.6 Å². The molecule has 0 aliphatic heterocycles. The van der Waals surface area contributed by atoms with Crippen molar-refractivity contribution in [2.45, 2.75) is 55.4 Å². The highest BCUT2D eigenvalue weighted by atomic mass is 14.6. The van der Waals surface area contributed by atoms with Crippen LogP contribution in [0.2, 0.25) is 0 Å². The van der Waals surface area contributed by atoms with Crippen LogP contribution in [-0.2, 0) is 0 Å². The summed E-state index contributed by atoms with van der Waals surface area (Å²) in [5, 5.41) is 0. The van der Waals surface area contributed by atoms with Gasteiger partial charge in [0.1, 0.15) is 0 Å². The van der Waals surface area contributed by atoms with E-state index in [1.165, 1.54) is 6.42 Å². The van der Waals surface area contributed by atoms with Crippen LogP contribution in [0.5, 0.6) is 0 Å². The van der Waals surface area contributed by atoms with Crippen LogP contribution in [0.3, 0.4) is 0 Å². The van der Waals surface area contributed by atoms with Crippen LogP contribution >= 0.6 is 0 Å². The minimum atomic E-state index is 0. The fourth-order valence-electron chi connectivity index (χ4n) is 0.313. The maximum Gasteiger partial charge on any atom is 0.0267 e. The average molecular weight is 211 g/mol. The van der Waals surface area contributed by atoms with Crippen molar-refractivity contribution in [3.8, 4) is 0 Å². The summed E-state index contributed by atoms with van der Waals surface area (Å²) >= 11 is 0. The topological polar surface area (TPSA) is 12.9 Å². The Kier molecular flexibility index (Phi) is 17.3. The SMILES string of the molecule is C.CC.CCC(C)(C)C.c1ccncc1. The number of nitrogens with zero attached hydrogens (tertiary/aromatic N) is 1. The molecule has 0 aliphatic carbocycles. The molecular formula is C14H29N. The smallest absolute Gasteiger partial charge is 0.0267 e. The standard InChI is InChI=1S/C6H14.C5H5N.C2H6.CH4/c1-5-6(2,3)4;1-2-4-6-5-3-1;1-2;/h5H2,1-4H3;1-5H;1-2H3;1H4. The molecule has 1 heterocycles. The Morgan fingerprint density at radius 2 is 1.27 bits per heavy atom. The van der Waals surface area contributed by atoms with Gasteiger partial charge in [-0.05, 0) is 17.5 Å².